The molecule has 82 valence electrons. The van der Waals surface area contributed by atoms with Gasteiger partial charge in [-0.1, -0.05) is 0 Å². The Bertz CT molecular complexity index is 503. The lowest BCUT2D eigenvalue weighted by atomic mass is 10.1. The summed E-state index contributed by atoms with van der Waals surface area (Å²) in [6.45, 7) is 0. The van der Waals surface area contributed by atoms with Crippen LogP contribution < -0.4 is 4.74 Å². The van der Waals surface area contributed by atoms with E-state index in [1.165, 1.54) is 6.26 Å². The summed E-state index contributed by atoms with van der Waals surface area (Å²) in [6.07, 6.45) is 1.48. The molecular formula is C12H9BrO3. The van der Waals surface area contributed by atoms with Gasteiger partial charge in [0.2, 0.25) is 5.78 Å². The third-order valence-corrected chi connectivity index (χ3v) is 2.78. The maximum Gasteiger partial charge on any atom is 0.228 e. The smallest absolute Gasteiger partial charge is 0.228 e. The van der Waals surface area contributed by atoms with E-state index in [1.54, 1.807) is 37.4 Å². The molecule has 0 bridgehead atoms. The second kappa shape index (κ2) is 4.53. The van der Waals surface area contributed by atoms with Crippen molar-refractivity contribution in [2.45, 2.75) is 0 Å². The lowest BCUT2D eigenvalue weighted by Gasteiger charge is -2.04. The Kier molecular flexibility index (Phi) is 3.10. The van der Waals surface area contributed by atoms with E-state index in [4.69, 9.17) is 9.15 Å². The van der Waals surface area contributed by atoms with Gasteiger partial charge in [0.15, 0.2) is 5.76 Å². The molecule has 1 heterocycles. The Morgan fingerprint density at radius 3 is 2.75 bits per heavy atom. The van der Waals surface area contributed by atoms with Gasteiger partial charge in [-0.25, -0.2) is 0 Å². The zero-order valence-electron chi connectivity index (χ0n) is 8.57. The fourth-order valence-electron chi connectivity index (χ4n) is 1.36. The molecule has 0 atom stereocenters. The van der Waals surface area contributed by atoms with Crippen LogP contribution in [0, 0.1) is 0 Å². The summed E-state index contributed by atoms with van der Waals surface area (Å²) in [4.78, 5) is 11.9. The summed E-state index contributed by atoms with van der Waals surface area (Å²) in [5, 5.41) is 0. The number of ketones is 1. The Hall–Kier alpha value is -1.55. The van der Waals surface area contributed by atoms with Gasteiger partial charge < -0.3 is 9.15 Å². The van der Waals surface area contributed by atoms with E-state index in [-0.39, 0.29) is 5.78 Å². The van der Waals surface area contributed by atoms with E-state index in [2.05, 4.69) is 15.9 Å². The molecule has 2 aromatic rings. The summed E-state index contributed by atoms with van der Waals surface area (Å²) in [5.41, 5.74) is 0.558. The van der Waals surface area contributed by atoms with Crippen LogP contribution in [0.3, 0.4) is 0 Å². The summed E-state index contributed by atoms with van der Waals surface area (Å²) in [7, 11) is 1.58. The van der Waals surface area contributed by atoms with Crippen LogP contribution in [0.4, 0.5) is 0 Å². The number of carbonyl (C=O) groups excluding carboxylic acids is 1. The molecule has 3 nitrogen and oxygen atoms in total. The zero-order valence-corrected chi connectivity index (χ0v) is 10.2. The maximum atomic E-state index is 11.9. The predicted octanol–water partition coefficient (Wildman–Crippen LogP) is 3.28. The molecule has 0 fully saturated rings. The highest BCUT2D eigenvalue weighted by molar-refractivity contribution is 9.10. The van der Waals surface area contributed by atoms with Crippen molar-refractivity contribution in [2.75, 3.05) is 7.11 Å². The van der Waals surface area contributed by atoms with E-state index in [0.29, 0.717) is 17.1 Å². The van der Waals surface area contributed by atoms with Gasteiger partial charge in [0, 0.05) is 5.56 Å². The van der Waals surface area contributed by atoms with Gasteiger partial charge >= 0.3 is 0 Å². The number of hydrogen-bond acceptors (Lipinski definition) is 3. The minimum atomic E-state index is -0.145. The van der Waals surface area contributed by atoms with Crippen LogP contribution in [0.25, 0.3) is 0 Å². The van der Waals surface area contributed by atoms with Crippen LogP contribution in [0.15, 0.2) is 45.5 Å². The van der Waals surface area contributed by atoms with Crippen molar-refractivity contribution in [3.8, 4) is 5.75 Å². The first-order chi connectivity index (χ1) is 7.72. The SMILES string of the molecule is COc1ccc(C(=O)c2ccco2)cc1Br. The standard InChI is InChI=1S/C12H9BrO3/c1-15-10-5-4-8(7-9(10)13)12(14)11-3-2-6-16-11/h2-7H,1H3. The number of halogens is 1. The molecule has 16 heavy (non-hydrogen) atoms. The van der Waals surface area contributed by atoms with Gasteiger partial charge in [0.05, 0.1) is 17.8 Å². The van der Waals surface area contributed by atoms with Gasteiger partial charge in [-0.15, -0.1) is 0 Å². The van der Waals surface area contributed by atoms with Crippen molar-refractivity contribution in [1.29, 1.82) is 0 Å². The molecule has 0 aliphatic carbocycles. The number of benzene rings is 1. The molecule has 1 aromatic carbocycles. The van der Waals surface area contributed by atoms with Crippen LogP contribution in [0.5, 0.6) is 5.75 Å². The van der Waals surface area contributed by atoms with Crippen molar-refractivity contribution in [2.24, 2.45) is 0 Å². The van der Waals surface area contributed by atoms with Crippen LogP contribution in [0.1, 0.15) is 16.1 Å². The summed E-state index contributed by atoms with van der Waals surface area (Å²) >= 11 is 3.33. The number of hydrogen-bond donors (Lipinski definition) is 0. The topological polar surface area (TPSA) is 39.4 Å². The van der Waals surface area contributed by atoms with Crippen molar-refractivity contribution >= 4 is 21.7 Å². The first kappa shape index (κ1) is 11.0. The van der Waals surface area contributed by atoms with E-state index in [0.717, 1.165) is 4.47 Å². The quantitative estimate of drug-likeness (QED) is 0.810. The highest BCUT2D eigenvalue weighted by atomic mass is 79.9. The van der Waals surface area contributed by atoms with E-state index in [1.807, 2.05) is 0 Å². The molecule has 0 unspecified atom stereocenters. The average molecular weight is 281 g/mol. The van der Waals surface area contributed by atoms with Crippen molar-refractivity contribution < 1.29 is 13.9 Å². The minimum Gasteiger partial charge on any atom is -0.496 e. The van der Waals surface area contributed by atoms with E-state index < -0.39 is 0 Å². The lowest BCUT2D eigenvalue weighted by molar-refractivity contribution is 0.101. The second-order valence-corrected chi connectivity index (χ2v) is 4.01. The van der Waals surface area contributed by atoms with Crippen LogP contribution in [-0.2, 0) is 0 Å². The van der Waals surface area contributed by atoms with Crippen molar-refractivity contribution in [3.05, 3.63) is 52.4 Å². The Morgan fingerprint density at radius 2 is 2.19 bits per heavy atom. The van der Waals surface area contributed by atoms with Crippen molar-refractivity contribution in [1.82, 2.24) is 0 Å². The normalized spacial score (nSPS) is 10.1. The lowest BCUT2D eigenvalue weighted by Crippen LogP contribution is -1.99. The number of methoxy groups -OCH3 is 1. The van der Waals surface area contributed by atoms with Gasteiger partial charge in [-0.05, 0) is 46.3 Å². The van der Waals surface area contributed by atoms with Gasteiger partial charge in [0.1, 0.15) is 5.75 Å². The zero-order chi connectivity index (χ0) is 11.5. The molecule has 0 spiro atoms. The summed E-state index contributed by atoms with van der Waals surface area (Å²) < 4.78 is 10.9. The average Bonchev–Trinajstić information content (AvgIpc) is 2.81. The van der Waals surface area contributed by atoms with Crippen LogP contribution in [-0.4, -0.2) is 12.9 Å². The fraction of sp³-hybridized carbons (Fsp3) is 0.0833. The number of rotatable bonds is 3. The minimum absolute atomic E-state index is 0.145. The molecule has 0 aliphatic heterocycles. The maximum absolute atomic E-state index is 11.9. The van der Waals surface area contributed by atoms with E-state index >= 15 is 0 Å². The second-order valence-electron chi connectivity index (χ2n) is 3.16. The Morgan fingerprint density at radius 1 is 1.38 bits per heavy atom. The third kappa shape index (κ3) is 2.02. The molecule has 4 heteroatoms. The molecule has 0 radical (unpaired) electrons. The molecule has 0 amide bonds. The number of ether oxygens (including phenoxy) is 1. The van der Waals surface area contributed by atoms with Gasteiger partial charge in [-0.2, -0.15) is 0 Å². The van der Waals surface area contributed by atoms with Crippen LogP contribution in [0.2, 0.25) is 0 Å². The van der Waals surface area contributed by atoms with Crippen LogP contribution >= 0.6 is 15.9 Å². The number of furan rings is 1. The molecule has 0 aliphatic rings. The molecule has 0 saturated carbocycles. The summed E-state index contributed by atoms with van der Waals surface area (Å²) in [5.74, 6) is 0.876. The predicted molar refractivity (Wildman–Crippen MR) is 62.8 cm³/mol. The molecule has 1 aromatic heterocycles. The molecular weight excluding hydrogens is 272 g/mol. The Balaban J connectivity index is 2.35. The van der Waals surface area contributed by atoms with Crippen molar-refractivity contribution in [3.63, 3.8) is 0 Å². The largest absolute Gasteiger partial charge is 0.496 e. The Labute approximate surface area is 101 Å². The number of carbonyl (C=O) groups is 1. The monoisotopic (exact) mass is 280 g/mol. The van der Waals surface area contributed by atoms with E-state index in [9.17, 15) is 4.79 Å². The first-order valence-electron chi connectivity index (χ1n) is 4.64. The molecule has 0 saturated heterocycles. The highest BCUT2D eigenvalue weighted by Crippen LogP contribution is 2.26. The summed E-state index contributed by atoms with van der Waals surface area (Å²) in [6, 6.07) is 8.48. The fourth-order valence-corrected chi connectivity index (χ4v) is 1.90. The highest BCUT2D eigenvalue weighted by Gasteiger charge is 2.13. The third-order valence-electron chi connectivity index (χ3n) is 2.16. The van der Waals surface area contributed by atoms with Gasteiger partial charge in [-0.3, -0.25) is 4.79 Å². The van der Waals surface area contributed by atoms with Gasteiger partial charge in [0.25, 0.3) is 0 Å². The molecule has 2 rings (SSSR count). The first-order valence-corrected chi connectivity index (χ1v) is 5.43. The molecule has 0 N–H and O–H groups in total.